The normalized spacial score (nSPS) is 16.8. The van der Waals surface area contributed by atoms with E-state index in [2.05, 4.69) is 0 Å². The van der Waals surface area contributed by atoms with Gasteiger partial charge in [0.2, 0.25) is 10.0 Å². The molecule has 0 bridgehead atoms. The molecule has 1 aliphatic heterocycles. The molecule has 2 N–H and O–H groups in total. The molecule has 1 aliphatic rings. The van der Waals surface area contributed by atoms with Crippen LogP contribution in [0.1, 0.15) is 12.0 Å². The first-order valence-electron chi connectivity index (χ1n) is 6.64. The van der Waals surface area contributed by atoms with Gasteiger partial charge in [-0.05, 0) is 35.8 Å². The van der Waals surface area contributed by atoms with Crippen LogP contribution >= 0.6 is 11.6 Å². The summed E-state index contributed by atoms with van der Waals surface area (Å²) in [6.45, 7) is 1.58. The maximum atomic E-state index is 12.6. The molecule has 21 heavy (non-hydrogen) atoms. The van der Waals surface area contributed by atoms with Crippen molar-refractivity contribution in [2.45, 2.75) is 17.9 Å². The molecule has 0 spiro atoms. The van der Waals surface area contributed by atoms with E-state index in [4.69, 9.17) is 22.1 Å². The number of nitrogens with two attached hydrogens (primary N) is 1. The molecule has 0 amide bonds. The van der Waals surface area contributed by atoms with Crippen molar-refractivity contribution in [3.05, 3.63) is 40.4 Å². The van der Waals surface area contributed by atoms with Gasteiger partial charge < -0.3 is 10.5 Å². The molecule has 0 saturated heterocycles. The van der Waals surface area contributed by atoms with Crippen LogP contribution in [-0.4, -0.2) is 39.5 Å². The van der Waals surface area contributed by atoms with Gasteiger partial charge in [0.05, 0.1) is 11.5 Å². The van der Waals surface area contributed by atoms with Crippen molar-refractivity contribution in [1.82, 2.24) is 4.31 Å². The van der Waals surface area contributed by atoms with Crippen LogP contribution < -0.4 is 5.73 Å². The molecular weight excluding hydrogens is 312 g/mol. The van der Waals surface area contributed by atoms with Gasteiger partial charge in [0, 0.05) is 31.8 Å². The van der Waals surface area contributed by atoms with Gasteiger partial charge in [-0.1, -0.05) is 17.7 Å². The molecule has 1 heterocycles. The number of hydrogen-bond donors (Lipinski definition) is 1. The van der Waals surface area contributed by atoms with Gasteiger partial charge in [-0.25, -0.2) is 8.42 Å². The molecular formula is C14H19ClN2O3S. The van der Waals surface area contributed by atoms with Crippen molar-refractivity contribution >= 4 is 21.6 Å². The highest BCUT2D eigenvalue weighted by Crippen LogP contribution is 2.24. The number of halogens is 1. The Labute approximate surface area is 130 Å². The van der Waals surface area contributed by atoms with Crippen LogP contribution in [0.4, 0.5) is 0 Å². The maximum Gasteiger partial charge on any atom is 0.243 e. The minimum Gasteiger partial charge on any atom is -0.380 e. The predicted molar refractivity (Wildman–Crippen MR) is 82.7 cm³/mol. The van der Waals surface area contributed by atoms with E-state index in [9.17, 15) is 8.42 Å². The third kappa shape index (κ3) is 3.64. The van der Waals surface area contributed by atoms with Crippen molar-refractivity contribution in [3.8, 4) is 0 Å². The molecule has 116 valence electrons. The summed E-state index contributed by atoms with van der Waals surface area (Å²) in [7, 11) is -1.89. The fraction of sp³-hybridized carbons (Fsp3) is 0.429. The molecule has 5 nitrogen and oxygen atoms in total. The first-order chi connectivity index (χ1) is 9.98. The summed E-state index contributed by atoms with van der Waals surface area (Å²) in [4.78, 5) is 0.232. The van der Waals surface area contributed by atoms with Crippen LogP contribution in [-0.2, 0) is 21.3 Å². The molecule has 0 radical (unpaired) electrons. The number of sulfonamides is 1. The summed E-state index contributed by atoms with van der Waals surface area (Å²) in [5.41, 5.74) is 7.33. The third-order valence-electron chi connectivity index (χ3n) is 3.47. The van der Waals surface area contributed by atoms with Gasteiger partial charge in [0.25, 0.3) is 0 Å². The van der Waals surface area contributed by atoms with Gasteiger partial charge in [-0.15, -0.1) is 0 Å². The minimum absolute atomic E-state index is 0.208. The fourth-order valence-electron chi connectivity index (χ4n) is 2.24. The lowest BCUT2D eigenvalue weighted by atomic mass is 10.1. The van der Waals surface area contributed by atoms with E-state index in [0.29, 0.717) is 36.7 Å². The Balaban J connectivity index is 2.23. The summed E-state index contributed by atoms with van der Waals surface area (Å²) >= 11 is 5.97. The molecule has 0 aromatic heterocycles. The first kappa shape index (κ1) is 16.5. The van der Waals surface area contributed by atoms with Crippen LogP contribution in [0.3, 0.4) is 0 Å². The zero-order chi connectivity index (χ0) is 15.5. The quantitative estimate of drug-likeness (QED) is 0.835. The Kier molecular flexibility index (Phi) is 5.40. The average molecular weight is 331 g/mol. The molecule has 0 aliphatic carbocycles. The Bertz CT molecular complexity index is 644. The van der Waals surface area contributed by atoms with Crippen LogP contribution in [0, 0.1) is 0 Å². The second-order valence-corrected chi connectivity index (χ2v) is 7.21. The van der Waals surface area contributed by atoms with Gasteiger partial charge in [-0.2, -0.15) is 4.31 Å². The zero-order valence-electron chi connectivity index (χ0n) is 11.9. The average Bonchev–Trinajstić information content (AvgIpc) is 2.48. The number of hydrogen-bond acceptors (Lipinski definition) is 4. The summed E-state index contributed by atoms with van der Waals surface area (Å²) in [5.74, 6) is 0. The third-order valence-corrected chi connectivity index (χ3v) is 5.70. The van der Waals surface area contributed by atoms with E-state index in [1.165, 1.54) is 10.4 Å². The molecule has 2 rings (SSSR count). The second-order valence-electron chi connectivity index (χ2n) is 4.87. The highest BCUT2D eigenvalue weighted by molar-refractivity contribution is 7.89. The van der Waals surface area contributed by atoms with Gasteiger partial charge in [0.1, 0.15) is 0 Å². The standard InChI is InChI=1S/C14H19ClN2O3S/c1-20-10-11-4-6-17(7-5-11)21(18,19)13-2-3-14(15)12(8-13)9-16/h2-4,8H,5-7,9-10,16H2,1H3. The Morgan fingerprint density at radius 1 is 1.43 bits per heavy atom. The Hall–Kier alpha value is -0.920. The number of rotatable bonds is 5. The molecule has 0 saturated carbocycles. The molecule has 7 heteroatoms. The van der Waals surface area contributed by atoms with Gasteiger partial charge in [-0.3, -0.25) is 0 Å². The monoisotopic (exact) mass is 330 g/mol. The SMILES string of the molecule is COCC1=CCN(S(=O)(=O)c2ccc(Cl)c(CN)c2)CC1. The molecule has 1 aromatic carbocycles. The first-order valence-corrected chi connectivity index (χ1v) is 8.46. The number of ether oxygens (including phenoxy) is 1. The predicted octanol–water partition coefficient (Wildman–Crippen LogP) is 1.77. The summed E-state index contributed by atoms with van der Waals surface area (Å²) in [6.07, 6.45) is 2.59. The largest absolute Gasteiger partial charge is 0.380 e. The summed E-state index contributed by atoms with van der Waals surface area (Å²) in [6, 6.07) is 4.64. The van der Waals surface area contributed by atoms with Crippen molar-refractivity contribution in [2.24, 2.45) is 5.73 Å². The van der Waals surface area contributed by atoms with Crippen LogP contribution in [0.15, 0.2) is 34.7 Å². The van der Waals surface area contributed by atoms with E-state index in [-0.39, 0.29) is 11.4 Å². The van der Waals surface area contributed by atoms with Crippen molar-refractivity contribution in [2.75, 3.05) is 26.8 Å². The smallest absolute Gasteiger partial charge is 0.243 e. The van der Waals surface area contributed by atoms with E-state index >= 15 is 0 Å². The Morgan fingerprint density at radius 3 is 2.76 bits per heavy atom. The van der Waals surface area contributed by atoms with E-state index in [0.717, 1.165) is 5.57 Å². The summed E-state index contributed by atoms with van der Waals surface area (Å²) in [5, 5.41) is 0.484. The number of nitrogens with zero attached hydrogens (tertiary/aromatic N) is 1. The number of methoxy groups -OCH3 is 1. The summed E-state index contributed by atoms with van der Waals surface area (Å²) < 4.78 is 31.7. The molecule has 1 aromatic rings. The second kappa shape index (κ2) is 6.89. The zero-order valence-corrected chi connectivity index (χ0v) is 13.5. The van der Waals surface area contributed by atoms with Gasteiger partial charge in [0.15, 0.2) is 0 Å². The minimum atomic E-state index is -3.52. The van der Waals surface area contributed by atoms with Crippen molar-refractivity contribution in [3.63, 3.8) is 0 Å². The van der Waals surface area contributed by atoms with Gasteiger partial charge >= 0.3 is 0 Å². The lowest BCUT2D eigenvalue weighted by Crippen LogP contribution is -2.35. The van der Waals surface area contributed by atoms with E-state index in [1.807, 2.05) is 6.08 Å². The highest BCUT2D eigenvalue weighted by atomic mass is 35.5. The molecule has 0 atom stereocenters. The molecule has 0 unspecified atom stereocenters. The van der Waals surface area contributed by atoms with Crippen molar-refractivity contribution < 1.29 is 13.2 Å². The lowest BCUT2D eigenvalue weighted by molar-refractivity contribution is 0.219. The topological polar surface area (TPSA) is 72.6 Å². The van der Waals surface area contributed by atoms with E-state index < -0.39 is 10.0 Å². The fourth-order valence-corrected chi connectivity index (χ4v) is 3.87. The lowest BCUT2D eigenvalue weighted by Gasteiger charge is -2.26. The van der Waals surface area contributed by atoms with Crippen LogP contribution in [0.25, 0.3) is 0 Å². The molecule has 0 fully saturated rings. The van der Waals surface area contributed by atoms with E-state index in [1.54, 1.807) is 19.2 Å². The maximum absolute atomic E-state index is 12.6. The van der Waals surface area contributed by atoms with Crippen LogP contribution in [0.2, 0.25) is 5.02 Å². The highest BCUT2D eigenvalue weighted by Gasteiger charge is 2.26. The van der Waals surface area contributed by atoms with Crippen LogP contribution in [0.5, 0.6) is 0 Å². The number of benzene rings is 1. The Morgan fingerprint density at radius 2 is 2.19 bits per heavy atom. The van der Waals surface area contributed by atoms with Crippen molar-refractivity contribution in [1.29, 1.82) is 0 Å².